The van der Waals surface area contributed by atoms with E-state index in [2.05, 4.69) is 19.7 Å². The van der Waals surface area contributed by atoms with Gasteiger partial charge >= 0.3 is 5.97 Å². The van der Waals surface area contributed by atoms with Gasteiger partial charge in [-0.05, 0) is 25.1 Å². The van der Waals surface area contributed by atoms with Crippen LogP contribution in [0.4, 0.5) is 0 Å². The summed E-state index contributed by atoms with van der Waals surface area (Å²) >= 11 is 0. The second-order valence-electron chi connectivity index (χ2n) is 4.24. The molecule has 6 nitrogen and oxygen atoms in total. The molecule has 0 atom stereocenters. The summed E-state index contributed by atoms with van der Waals surface area (Å²) in [6.07, 6.45) is 1.39. The van der Waals surface area contributed by atoms with Crippen LogP contribution >= 0.6 is 0 Å². The molecule has 0 N–H and O–H groups in total. The van der Waals surface area contributed by atoms with Crippen molar-refractivity contribution in [3.05, 3.63) is 42.2 Å². The maximum absolute atomic E-state index is 11.5. The molecule has 0 aliphatic carbocycles. The lowest BCUT2D eigenvalue weighted by Gasteiger charge is -2.04. The molecule has 0 amide bonds. The van der Waals surface area contributed by atoms with Gasteiger partial charge < -0.3 is 9.15 Å². The van der Waals surface area contributed by atoms with Crippen molar-refractivity contribution in [3.63, 3.8) is 0 Å². The summed E-state index contributed by atoms with van der Waals surface area (Å²) < 4.78 is 9.91. The van der Waals surface area contributed by atoms with Crippen molar-refractivity contribution >= 4 is 17.1 Å². The summed E-state index contributed by atoms with van der Waals surface area (Å²) in [5.74, 6) is -0.518. The number of esters is 1. The topological polar surface area (TPSA) is 78.1 Å². The highest BCUT2D eigenvalue weighted by atomic mass is 16.5. The van der Waals surface area contributed by atoms with Crippen LogP contribution in [0.1, 0.15) is 16.3 Å². The van der Waals surface area contributed by atoms with Crippen LogP contribution in [0.5, 0.6) is 0 Å². The van der Waals surface area contributed by atoms with Gasteiger partial charge in [-0.3, -0.25) is 0 Å². The zero-order valence-electron chi connectivity index (χ0n) is 11.0. The lowest BCUT2D eigenvalue weighted by Crippen LogP contribution is -2.09. The van der Waals surface area contributed by atoms with Crippen molar-refractivity contribution in [2.24, 2.45) is 0 Å². The van der Waals surface area contributed by atoms with E-state index >= 15 is 0 Å². The largest absolute Gasteiger partial charge is 0.463 e. The van der Waals surface area contributed by atoms with E-state index in [1.165, 1.54) is 13.5 Å². The quantitative estimate of drug-likeness (QED) is 0.665. The predicted octanol–water partition coefficient (Wildman–Crippen LogP) is 2.38. The van der Waals surface area contributed by atoms with Gasteiger partial charge in [-0.15, -0.1) is 0 Å². The molecule has 0 aliphatic rings. The zero-order chi connectivity index (χ0) is 14.1. The van der Waals surface area contributed by atoms with Crippen LogP contribution in [0.2, 0.25) is 0 Å². The molecule has 2 heterocycles. The number of aryl methyl sites for hydroxylation is 1. The summed E-state index contributed by atoms with van der Waals surface area (Å²) in [6, 6.07) is 7.33. The number of ether oxygens (including phenoxy) is 1. The SMILES string of the molecule is COC(=O)c1nc(C)cc(-c2ccc3ncoc3c2)n1. The van der Waals surface area contributed by atoms with Crippen LogP contribution in [-0.4, -0.2) is 28.0 Å². The first-order valence-electron chi connectivity index (χ1n) is 5.95. The molecule has 0 saturated carbocycles. The maximum atomic E-state index is 11.5. The van der Waals surface area contributed by atoms with Gasteiger partial charge in [-0.25, -0.2) is 19.7 Å². The first-order chi connectivity index (χ1) is 9.67. The van der Waals surface area contributed by atoms with Gasteiger partial charge in [0.2, 0.25) is 5.82 Å². The van der Waals surface area contributed by atoms with Gasteiger partial charge in [0.1, 0.15) is 5.52 Å². The van der Waals surface area contributed by atoms with E-state index in [9.17, 15) is 4.79 Å². The lowest BCUT2D eigenvalue weighted by molar-refractivity contribution is 0.0586. The molecule has 100 valence electrons. The van der Waals surface area contributed by atoms with Gasteiger partial charge in [0.15, 0.2) is 12.0 Å². The van der Waals surface area contributed by atoms with E-state index in [0.29, 0.717) is 17.0 Å². The van der Waals surface area contributed by atoms with E-state index < -0.39 is 5.97 Å². The third kappa shape index (κ3) is 2.11. The molecular formula is C14H11N3O3. The van der Waals surface area contributed by atoms with Crippen LogP contribution in [0.3, 0.4) is 0 Å². The van der Waals surface area contributed by atoms with Gasteiger partial charge in [0.05, 0.1) is 12.8 Å². The maximum Gasteiger partial charge on any atom is 0.376 e. The number of carbonyl (C=O) groups excluding carboxylic acids is 1. The number of hydrogen-bond acceptors (Lipinski definition) is 6. The Morgan fingerprint density at radius 1 is 1.25 bits per heavy atom. The highest BCUT2D eigenvalue weighted by Crippen LogP contribution is 2.23. The third-order valence-electron chi connectivity index (χ3n) is 2.85. The van der Waals surface area contributed by atoms with Crippen molar-refractivity contribution in [1.29, 1.82) is 0 Å². The number of nitrogens with zero attached hydrogens (tertiary/aromatic N) is 3. The van der Waals surface area contributed by atoms with Crippen LogP contribution < -0.4 is 0 Å². The Morgan fingerprint density at radius 2 is 2.10 bits per heavy atom. The number of carbonyl (C=O) groups is 1. The number of methoxy groups -OCH3 is 1. The van der Waals surface area contributed by atoms with Crippen LogP contribution in [-0.2, 0) is 4.74 Å². The van der Waals surface area contributed by atoms with Crippen molar-refractivity contribution in [2.45, 2.75) is 6.92 Å². The number of aromatic nitrogens is 3. The highest BCUT2D eigenvalue weighted by Gasteiger charge is 2.13. The number of fused-ring (bicyclic) bond motifs is 1. The van der Waals surface area contributed by atoms with Crippen LogP contribution in [0.25, 0.3) is 22.4 Å². The first kappa shape index (κ1) is 12.3. The second kappa shape index (κ2) is 4.73. The van der Waals surface area contributed by atoms with Gasteiger partial charge in [0, 0.05) is 11.3 Å². The second-order valence-corrected chi connectivity index (χ2v) is 4.24. The molecule has 0 radical (unpaired) electrons. The number of benzene rings is 1. The van der Waals surface area contributed by atoms with Gasteiger partial charge in [0.25, 0.3) is 0 Å². The average molecular weight is 269 g/mol. The fraction of sp³-hybridized carbons (Fsp3) is 0.143. The Kier molecular flexibility index (Phi) is 2.90. The van der Waals surface area contributed by atoms with Crippen molar-refractivity contribution in [1.82, 2.24) is 15.0 Å². The number of rotatable bonds is 2. The van der Waals surface area contributed by atoms with Crippen molar-refractivity contribution < 1.29 is 13.9 Å². The summed E-state index contributed by atoms with van der Waals surface area (Å²) in [6.45, 7) is 1.80. The minimum atomic E-state index is -0.560. The molecule has 0 bridgehead atoms. The van der Waals surface area contributed by atoms with E-state index in [0.717, 1.165) is 11.1 Å². The first-order valence-corrected chi connectivity index (χ1v) is 5.95. The molecule has 2 aromatic heterocycles. The predicted molar refractivity (Wildman–Crippen MR) is 71.1 cm³/mol. The molecule has 3 aromatic rings. The van der Waals surface area contributed by atoms with E-state index in [1.807, 2.05) is 18.2 Å². The number of oxazole rings is 1. The van der Waals surface area contributed by atoms with Crippen molar-refractivity contribution in [3.8, 4) is 11.3 Å². The summed E-state index contributed by atoms with van der Waals surface area (Å²) in [7, 11) is 1.30. The van der Waals surface area contributed by atoms with E-state index in [1.54, 1.807) is 13.0 Å². The standard InChI is InChI=1S/C14H11N3O3/c1-8-5-11(17-13(16-8)14(18)19-2)9-3-4-10-12(6-9)20-7-15-10/h3-7H,1-2H3. The molecule has 0 saturated heterocycles. The van der Waals surface area contributed by atoms with Crippen LogP contribution in [0.15, 0.2) is 35.1 Å². The molecule has 3 rings (SSSR count). The Morgan fingerprint density at radius 3 is 2.90 bits per heavy atom. The van der Waals surface area contributed by atoms with Crippen LogP contribution in [0, 0.1) is 6.92 Å². The Hall–Kier alpha value is -2.76. The molecule has 0 fully saturated rings. The number of hydrogen-bond donors (Lipinski definition) is 0. The molecule has 0 aliphatic heterocycles. The Labute approximate surface area is 114 Å². The fourth-order valence-electron chi connectivity index (χ4n) is 1.91. The minimum Gasteiger partial charge on any atom is -0.463 e. The minimum absolute atomic E-state index is 0.0418. The summed E-state index contributed by atoms with van der Waals surface area (Å²) in [5.41, 5.74) is 3.58. The Bertz CT molecular complexity index is 795. The summed E-state index contributed by atoms with van der Waals surface area (Å²) in [4.78, 5) is 23.9. The Balaban J connectivity index is 2.12. The molecule has 0 unspecified atom stereocenters. The van der Waals surface area contributed by atoms with Gasteiger partial charge in [-0.2, -0.15) is 0 Å². The average Bonchev–Trinajstić information content (AvgIpc) is 2.93. The van der Waals surface area contributed by atoms with Crippen molar-refractivity contribution in [2.75, 3.05) is 7.11 Å². The van der Waals surface area contributed by atoms with E-state index in [4.69, 9.17) is 4.42 Å². The zero-order valence-corrected chi connectivity index (χ0v) is 11.0. The highest BCUT2D eigenvalue weighted by molar-refractivity contribution is 5.86. The molecule has 0 spiro atoms. The third-order valence-corrected chi connectivity index (χ3v) is 2.85. The fourth-order valence-corrected chi connectivity index (χ4v) is 1.91. The summed E-state index contributed by atoms with van der Waals surface area (Å²) in [5, 5.41) is 0. The molecule has 20 heavy (non-hydrogen) atoms. The van der Waals surface area contributed by atoms with E-state index in [-0.39, 0.29) is 5.82 Å². The molecule has 1 aromatic carbocycles. The normalized spacial score (nSPS) is 10.7. The molecule has 6 heteroatoms. The van der Waals surface area contributed by atoms with Gasteiger partial charge in [-0.1, -0.05) is 6.07 Å². The smallest absolute Gasteiger partial charge is 0.376 e. The lowest BCUT2D eigenvalue weighted by atomic mass is 10.1. The monoisotopic (exact) mass is 269 g/mol. The molecular weight excluding hydrogens is 258 g/mol.